The van der Waals surface area contributed by atoms with E-state index in [1.165, 1.54) is 29.2 Å². The summed E-state index contributed by atoms with van der Waals surface area (Å²) in [7, 11) is 0. The molecule has 7 aliphatic rings. The number of hydrogen-bond donors (Lipinski definition) is 4. The molecule has 2 saturated heterocycles. The molecule has 16 rings (SSSR count). The maximum absolute atomic E-state index is 12.3. The van der Waals surface area contributed by atoms with Crippen LogP contribution in [0.4, 0.5) is 22.4 Å². The number of fused-ring (bicyclic) bond motifs is 5. The molecule has 0 unspecified atom stereocenters. The number of hydrogen-bond acceptors (Lipinski definition) is 29. The molecule has 0 saturated carbocycles. The van der Waals surface area contributed by atoms with E-state index in [0.717, 1.165) is 226 Å². The van der Waals surface area contributed by atoms with E-state index in [2.05, 4.69) is 142 Å². The first-order valence-electron chi connectivity index (χ1n) is 38.5. The number of halogens is 2. The van der Waals surface area contributed by atoms with Crippen molar-refractivity contribution in [1.82, 2.24) is 85.3 Å². The van der Waals surface area contributed by atoms with Crippen molar-refractivity contribution < 1.29 is 24.5 Å². The summed E-state index contributed by atoms with van der Waals surface area (Å²) in [4.78, 5) is 99.6. The summed E-state index contributed by atoms with van der Waals surface area (Å²) in [6.07, 6.45) is 31.0. The van der Waals surface area contributed by atoms with Crippen molar-refractivity contribution in [3.63, 3.8) is 0 Å². The third-order valence-electron chi connectivity index (χ3n) is 20.4. The molecule has 0 spiro atoms. The van der Waals surface area contributed by atoms with E-state index in [1.54, 1.807) is 68.5 Å². The lowest BCUT2D eigenvalue weighted by Crippen LogP contribution is -2.45. The number of aliphatic hydroxyl groups excluding tert-OH is 2. The Bertz CT molecular complexity index is 4910. The van der Waals surface area contributed by atoms with Crippen molar-refractivity contribution in [2.45, 2.75) is 198 Å². The highest BCUT2D eigenvalue weighted by molar-refractivity contribution is 7.99. The second kappa shape index (κ2) is 42.5. The molecule has 7 aliphatic heterocycles. The van der Waals surface area contributed by atoms with E-state index in [0.29, 0.717) is 38.9 Å². The number of carbonyl (C=O) groups is 2. The number of thioether (sulfide) groups is 4. The zero-order chi connectivity index (χ0) is 81.5. The van der Waals surface area contributed by atoms with Crippen molar-refractivity contribution in [2.24, 2.45) is 4.99 Å². The van der Waals surface area contributed by atoms with Crippen LogP contribution in [0.15, 0.2) is 106 Å². The molecule has 4 N–H and O–H groups in total. The number of aliphatic imine (C=N–C) groups is 1. The number of nitrogens with zero attached hydrogens (tertiary/aromatic N) is 19. The zero-order valence-electron chi connectivity index (χ0n) is 68.2. The van der Waals surface area contributed by atoms with Crippen LogP contribution >= 0.6 is 70.2 Å². The van der Waals surface area contributed by atoms with Crippen molar-refractivity contribution in [1.29, 1.82) is 0 Å². The molecule has 0 bridgehead atoms. The molecule has 2 fully saturated rings. The Balaban J connectivity index is 0.000000168. The topological polar surface area (TPSA) is 314 Å². The summed E-state index contributed by atoms with van der Waals surface area (Å²) in [5.41, 5.74) is 18.8. The summed E-state index contributed by atoms with van der Waals surface area (Å²) in [5, 5.41) is 29.6. The molecule has 9 aromatic heterocycles. The fourth-order valence-electron chi connectivity index (χ4n) is 14.2. The van der Waals surface area contributed by atoms with Gasteiger partial charge in [-0.25, -0.2) is 69.5 Å². The summed E-state index contributed by atoms with van der Waals surface area (Å²) in [5.74, 6) is 2.15. The minimum Gasteiger partial charge on any atom is -0.443 e. The molecular weight excluding hydrogens is 1580 g/mol. The predicted molar refractivity (Wildman–Crippen MR) is 470 cm³/mol. The number of anilines is 3. The number of piperidine rings is 2. The third-order valence-corrected chi connectivity index (χ3v) is 23.2. The molecule has 0 aromatic carbocycles. The van der Waals surface area contributed by atoms with Gasteiger partial charge >= 0.3 is 6.09 Å². The maximum atomic E-state index is 12.3. The standard InChI is InChI=1S/C25H29ClN6O.C21H22ClN5S.C13H17N3O3S.C9H13N3S.C9H11N3S.C5H11NO.CH4.B/c1-15-10-16(2)24(28-12-15)19-11-23(27-14-21(19)26)32-9-6-22-20(17(32)3)13-29-25(30-22)31-7-4-18(33)5-8-31;1-12-7-13(2)20(24-9-12)15-8-19(23-11-17(15)22)27-6-5-18-16(14(27)3)10-25-21(26-18)28-4;1-13(2,3)19-12(18)16-6-5-9-8(10(16)17)7-14-11(15-9)20-4;2*1-6-7-5-11-9(13-2)12-8(7)3-4-10-6;7-5-1-3-6-4-2-5;;/h10-14,17-18,33H,4-9H2,1-3H3;7-11,14H,5-6H2,1-4H3;7H,5-6H2,1-4H3;5-6,10H,3-4H2,1-2H3;5H,3-4H2,1-2H3;5-7H,1-4H2;1H4;/t17-;14-;;6-;;;;/m11.1..../s1. The minimum atomic E-state index is -0.628. The Morgan fingerprint density at radius 1 is 0.509 bits per heavy atom. The number of amides is 2. The highest BCUT2D eigenvalue weighted by Crippen LogP contribution is 2.40. The van der Waals surface area contributed by atoms with Crippen molar-refractivity contribution in [2.75, 3.05) is 98.6 Å². The molecular formula is C83H107BCl2N21O5S4. The number of aromatic nitrogens is 14. The Hall–Kier alpha value is -8.11. The van der Waals surface area contributed by atoms with Crippen LogP contribution in [0, 0.1) is 27.7 Å². The summed E-state index contributed by atoms with van der Waals surface area (Å²) < 4.78 is 5.23. The number of imide groups is 1. The van der Waals surface area contributed by atoms with Gasteiger partial charge in [-0.3, -0.25) is 19.8 Å². The summed E-state index contributed by atoms with van der Waals surface area (Å²) in [6, 6.07) is 8.98. The second-order valence-corrected chi connectivity index (χ2v) is 33.6. The van der Waals surface area contributed by atoms with Crippen LogP contribution in [0.1, 0.15) is 183 Å². The van der Waals surface area contributed by atoms with Crippen molar-refractivity contribution in [3.05, 3.63) is 169 Å². The molecule has 2 amide bonds. The van der Waals surface area contributed by atoms with Crippen LogP contribution in [0.2, 0.25) is 10.0 Å². The van der Waals surface area contributed by atoms with Crippen LogP contribution in [-0.2, 0) is 36.8 Å². The summed E-state index contributed by atoms with van der Waals surface area (Å²) >= 11 is 19.2. The van der Waals surface area contributed by atoms with Gasteiger partial charge < -0.3 is 40.3 Å². The maximum Gasteiger partial charge on any atom is 0.417 e. The molecule has 116 heavy (non-hydrogen) atoms. The van der Waals surface area contributed by atoms with E-state index in [4.69, 9.17) is 38.0 Å². The van der Waals surface area contributed by atoms with Gasteiger partial charge in [0.15, 0.2) is 20.6 Å². The van der Waals surface area contributed by atoms with E-state index in [-0.39, 0.29) is 46.7 Å². The number of aryl methyl sites for hydroxylation is 4. The SMILES string of the molecule is C.CSc1ncc2c(n1)CCN(C(=O)OC(C)(C)C)C2=O.CSc1ncc2c(n1)CCN(c1cc(-c3ncc(C)cc3C)c(Cl)cn1)[C@@H]2C.CSc1ncc2c(n1)CCN=C2C.CSc1ncc2c(n1)CCN[C@@H]2C.Cc1cnc(-c2cc(N3CCc4nc(N5CCC(O)CC5)ncc4[C@H]3C)ncc2Cl)c(C)c1.OC1CCNCC1.[B]. The average Bonchev–Trinajstić information content (AvgIpc) is 0.779. The first-order chi connectivity index (χ1) is 54.7. The smallest absolute Gasteiger partial charge is 0.417 e. The van der Waals surface area contributed by atoms with Gasteiger partial charge in [-0.05, 0) is 174 Å². The molecule has 16 heterocycles. The predicted octanol–water partition coefficient (Wildman–Crippen LogP) is 14.4. The van der Waals surface area contributed by atoms with Crippen molar-refractivity contribution >= 4 is 114 Å². The number of ether oxygens (including phenoxy) is 1. The number of pyridine rings is 4. The van der Waals surface area contributed by atoms with E-state index >= 15 is 0 Å². The van der Waals surface area contributed by atoms with Crippen LogP contribution in [0.5, 0.6) is 0 Å². The van der Waals surface area contributed by atoms with Gasteiger partial charge in [0, 0.05) is 187 Å². The van der Waals surface area contributed by atoms with E-state index < -0.39 is 17.6 Å². The average molecular weight is 1690 g/mol. The highest BCUT2D eigenvalue weighted by Gasteiger charge is 2.35. The first kappa shape index (κ1) is 91.8. The fourth-order valence-corrected chi connectivity index (χ4v) is 16.0. The Labute approximate surface area is 711 Å². The van der Waals surface area contributed by atoms with Gasteiger partial charge in [0.05, 0.1) is 79.8 Å². The molecule has 3 radical (unpaired) electrons. The quantitative estimate of drug-likeness (QED) is 0.0593. The second-order valence-electron chi connectivity index (χ2n) is 29.7. The van der Waals surface area contributed by atoms with Crippen LogP contribution in [-0.4, -0.2) is 213 Å². The Morgan fingerprint density at radius 2 is 0.957 bits per heavy atom. The number of nitrogens with one attached hydrogen (secondary N) is 2. The lowest BCUT2D eigenvalue weighted by Gasteiger charge is -2.36. The highest BCUT2D eigenvalue weighted by atomic mass is 35.5. The largest absolute Gasteiger partial charge is 0.443 e. The van der Waals surface area contributed by atoms with Crippen LogP contribution < -0.4 is 25.3 Å². The monoisotopic (exact) mass is 1690 g/mol. The van der Waals surface area contributed by atoms with Crippen LogP contribution in [0.3, 0.4) is 0 Å². The van der Waals surface area contributed by atoms with Gasteiger partial charge in [-0.15, -0.1) is 0 Å². The van der Waals surface area contributed by atoms with Gasteiger partial charge in [0.25, 0.3) is 5.91 Å². The van der Waals surface area contributed by atoms with Gasteiger partial charge in [-0.2, -0.15) is 0 Å². The van der Waals surface area contributed by atoms with Crippen LogP contribution in [0.25, 0.3) is 22.5 Å². The Kier molecular flexibility index (Phi) is 33.6. The van der Waals surface area contributed by atoms with E-state index in [1.807, 2.05) is 95.1 Å². The lowest BCUT2D eigenvalue weighted by atomic mass is 9.99. The minimum absolute atomic E-state index is 0. The molecule has 3 atom stereocenters. The molecule has 9 aromatic rings. The third kappa shape index (κ3) is 23.5. The Morgan fingerprint density at radius 3 is 1.45 bits per heavy atom. The molecule has 615 valence electrons. The summed E-state index contributed by atoms with van der Waals surface area (Å²) in [6.45, 7) is 29.4. The van der Waals surface area contributed by atoms with Crippen molar-refractivity contribution in [3.8, 4) is 22.5 Å². The van der Waals surface area contributed by atoms with Gasteiger partial charge in [0.2, 0.25) is 5.95 Å². The molecule has 33 heteroatoms. The number of carbonyl (C=O) groups excluding carboxylic acids is 2. The molecule has 26 nitrogen and oxygen atoms in total. The van der Waals surface area contributed by atoms with Gasteiger partial charge in [0.1, 0.15) is 17.2 Å². The zero-order valence-corrected chi connectivity index (χ0v) is 73.0. The molecule has 0 aliphatic carbocycles. The first-order valence-corrected chi connectivity index (χ1v) is 44.1. The number of aliphatic hydroxyl groups is 2. The lowest BCUT2D eigenvalue weighted by molar-refractivity contribution is 0.0231. The fraction of sp³-hybridized carbons (Fsp3) is 0.482. The normalized spacial score (nSPS) is 17.5. The van der Waals surface area contributed by atoms with E-state index in [9.17, 15) is 14.7 Å². The number of rotatable bonds is 9. The van der Waals surface area contributed by atoms with Gasteiger partial charge in [-0.1, -0.05) is 89.8 Å².